The minimum absolute atomic E-state index is 0.0980. The van der Waals surface area contributed by atoms with Crippen molar-refractivity contribution >= 4 is 34.8 Å². The highest BCUT2D eigenvalue weighted by Gasteiger charge is 2.26. The number of amides is 3. The third kappa shape index (κ3) is 3.45. The lowest BCUT2D eigenvalue weighted by Gasteiger charge is -2.27. The monoisotopic (exact) mass is 339 g/mol. The van der Waals surface area contributed by atoms with Crippen molar-refractivity contribution in [3.63, 3.8) is 0 Å². The Morgan fingerprint density at radius 2 is 1.68 bits per heavy atom. The summed E-state index contributed by atoms with van der Waals surface area (Å²) >= 11 is 0. The first-order chi connectivity index (χ1) is 12.0. The molecular formula is C18H17N3O4. The molecule has 7 nitrogen and oxygen atoms in total. The van der Waals surface area contributed by atoms with Gasteiger partial charge in [-0.05, 0) is 36.4 Å². The fourth-order valence-corrected chi connectivity index (χ4v) is 2.52. The van der Waals surface area contributed by atoms with Crippen LogP contribution < -0.4 is 20.3 Å². The van der Waals surface area contributed by atoms with E-state index in [0.29, 0.717) is 28.4 Å². The topological polar surface area (TPSA) is 87.7 Å². The lowest BCUT2D eigenvalue weighted by molar-refractivity contribution is -0.121. The van der Waals surface area contributed by atoms with Gasteiger partial charge in [-0.1, -0.05) is 6.07 Å². The number of para-hydroxylation sites is 1. The van der Waals surface area contributed by atoms with Gasteiger partial charge in [-0.2, -0.15) is 0 Å². The van der Waals surface area contributed by atoms with Gasteiger partial charge in [0.2, 0.25) is 5.91 Å². The molecule has 2 N–H and O–H groups in total. The molecule has 0 aromatic heterocycles. The number of nitrogens with one attached hydrogen (secondary N) is 2. The van der Waals surface area contributed by atoms with Gasteiger partial charge >= 0.3 is 0 Å². The van der Waals surface area contributed by atoms with Crippen molar-refractivity contribution in [2.24, 2.45) is 0 Å². The SMILES string of the molecule is CC(=O)Nc1ccc(NC(=O)c2cccc3c2OCC(=O)N3C)cc1. The van der Waals surface area contributed by atoms with Gasteiger partial charge in [0.05, 0.1) is 11.3 Å². The highest BCUT2D eigenvalue weighted by molar-refractivity contribution is 6.09. The fourth-order valence-electron chi connectivity index (χ4n) is 2.52. The van der Waals surface area contributed by atoms with E-state index < -0.39 is 0 Å². The van der Waals surface area contributed by atoms with Gasteiger partial charge in [-0.15, -0.1) is 0 Å². The minimum atomic E-state index is -0.341. The molecule has 1 aliphatic heterocycles. The van der Waals surface area contributed by atoms with Gasteiger partial charge in [0.15, 0.2) is 12.4 Å². The van der Waals surface area contributed by atoms with E-state index in [9.17, 15) is 14.4 Å². The Morgan fingerprint density at radius 1 is 1.04 bits per heavy atom. The number of fused-ring (bicyclic) bond motifs is 1. The van der Waals surface area contributed by atoms with Crippen molar-refractivity contribution in [2.45, 2.75) is 6.92 Å². The van der Waals surface area contributed by atoms with Crippen LogP contribution in [-0.4, -0.2) is 31.4 Å². The third-order valence-corrected chi connectivity index (χ3v) is 3.78. The minimum Gasteiger partial charge on any atom is -0.481 e. The molecule has 3 rings (SSSR count). The Hall–Kier alpha value is -3.35. The van der Waals surface area contributed by atoms with E-state index in [4.69, 9.17) is 4.74 Å². The van der Waals surface area contributed by atoms with Crippen molar-refractivity contribution in [3.05, 3.63) is 48.0 Å². The van der Waals surface area contributed by atoms with Crippen LogP contribution in [0.1, 0.15) is 17.3 Å². The van der Waals surface area contributed by atoms with Crippen LogP contribution in [0, 0.1) is 0 Å². The van der Waals surface area contributed by atoms with E-state index in [0.717, 1.165) is 0 Å². The molecule has 0 saturated carbocycles. The van der Waals surface area contributed by atoms with Gasteiger partial charge in [-0.3, -0.25) is 14.4 Å². The Bertz CT molecular complexity index is 846. The molecule has 1 heterocycles. The van der Waals surface area contributed by atoms with Crippen LogP contribution in [0.5, 0.6) is 5.75 Å². The standard InChI is InChI=1S/C18H17N3O4/c1-11(22)19-12-6-8-13(9-7-12)20-18(24)14-4-3-5-15-17(14)25-10-16(23)21(15)2/h3-9H,10H2,1-2H3,(H,19,22)(H,20,24). The van der Waals surface area contributed by atoms with Crippen molar-refractivity contribution < 1.29 is 19.1 Å². The quantitative estimate of drug-likeness (QED) is 0.898. The molecular weight excluding hydrogens is 322 g/mol. The molecule has 0 atom stereocenters. The molecule has 0 bridgehead atoms. The van der Waals surface area contributed by atoms with E-state index in [1.54, 1.807) is 49.5 Å². The number of hydrogen-bond acceptors (Lipinski definition) is 4. The Labute approximate surface area is 144 Å². The van der Waals surface area contributed by atoms with Crippen molar-refractivity contribution in [3.8, 4) is 5.75 Å². The smallest absolute Gasteiger partial charge is 0.264 e. The first kappa shape index (κ1) is 16.5. The molecule has 2 aromatic rings. The second kappa shape index (κ2) is 6.64. The number of likely N-dealkylation sites (N-methyl/N-ethyl adjacent to an activating group) is 1. The molecule has 0 fully saturated rings. The zero-order valence-electron chi connectivity index (χ0n) is 13.8. The van der Waals surface area contributed by atoms with Crippen molar-refractivity contribution in [2.75, 3.05) is 29.2 Å². The van der Waals surface area contributed by atoms with Crippen LogP contribution in [0.2, 0.25) is 0 Å². The van der Waals surface area contributed by atoms with Gasteiger partial charge in [0.1, 0.15) is 0 Å². The molecule has 0 radical (unpaired) electrons. The first-order valence-corrected chi connectivity index (χ1v) is 7.67. The van der Waals surface area contributed by atoms with Gasteiger partial charge in [-0.25, -0.2) is 0 Å². The van der Waals surface area contributed by atoms with Gasteiger partial charge in [0, 0.05) is 25.3 Å². The number of anilines is 3. The van der Waals surface area contributed by atoms with E-state index in [2.05, 4.69) is 10.6 Å². The van der Waals surface area contributed by atoms with Crippen LogP contribution in [-0.2, 0) is 9.59 Å². The molecule has 1 aliphatic rings. The Morgan fingerprint density at radius 3 is 2.32 bits per heavy atom. The summed E-state index contributed by atoms with van der Waals surface area (Å²) in [4.78, 5) is 36.8. The fraction of sp³-hybridized carbons (Fsp3) is 0.167. The lowest BCUT2D eigenvalue weighted by atomic mass is 10.1. The predicted molar refractivity (Wildman–Crippen MR) is 94.0 cm³/mol. The summed E-state index contributed by atoms with van der Waals surface area (Å²) in [6.07, 6.45) is 0. The van der Waals surface area contributed by atoms with Crippen LogP contribution in [0.3, 0.4) is 0 Å². The number of benzene rings is 2. The highest BCUT2D eigenvalue weighted by atomic mass is 16.5. The molecule has 0 aliphatic carbocycles. The summed E-state index contributed by atoms with van der Waals surface area (Å²) in [5, 5.41) is 5.44. The molecule has 25 heavy (non-hydrogen) atoms. The molecule has 128 valence electrons. The molecule has 0 spiro atoms. The average Bonchev–Trinajstić information content (AvgIpc) is 2.59. The maximum atomic E-state index is 12.6. The molecule has 2 aromatic carbocycles. The van der Waals surface area contributed by atoms with Crippen molar-refractivity contribution in [1.29, 1.82) is 0 Å². The zero-order chi connectivity index (χ0) is 18.0. The molecule has 7 heteroatoms. The number of carbonyl (C=O) groups is 3. The molecule has 0 unspecified atom stereocenters. The predicted octanol–water partition coefficient (Wildman–Crippen LogP) is 2.25. The van der Waals surface area contributed by atoms with Crippen molar-refractivity contribution in [1.82, 2.24) is 0 Å². The van der Waals surface area contributed by atoms with Crippen LogP contribution >= 0.6 is 0 Å². The summed E-state index contributed by atoms with van der Waals surface area (Å²) < 4.78 is 5.46. The van der Waals surface area contributed by atoms with E-state index >= 15 is 0 Å². The summed E-state index contributed by atoms with van der Waals surface area (Å²) in [7, 11) is 1.64. The Balaban J connectivity index is 1.80. The Kier molecular flexibility index (Phi) is 4.38. The summed E-state index contributed by atoms with van der Waals surface area (Å²) in [5.41, 5.74) is 2.13. The maximum absolute atomic E-state index is 12.6. The average molecular weight is 339 g/mol. The number of ether oxygens (including phenoxy) is 1. The van der Waals surface area contributed by atoms with Crippen LogP contribution in [0.4, 0.5) is 17.1 Å². The molecule has 3 amide bonds. The zero-order valence-corrected chi connectivity index (χ0v) is 13.8. The first-order valence-electron chi connectivity index (χ1n) is 7.67. The number of nitrogens with zero attached hydrogens (tertiary/aromatic N) is 1. The van der Waals surface area contributed by atoms with Gasteiger partial charge < -0.3 is 20.3 Å². The van der Waals surface area contributed by atoms with E-state index in [1.807, 2.05) is 0 Å². The van der Waals surface area contributed by atoms with E-state index in [-0.39, 0.29) is 24.3 Å². The lowest BCUT2D eigenvalue weighted by Crippen LogP contribution is -2.36. The molecule has 0 saturated heterocycles. The summed E-state index contributed by atoms with van der Waals surface area (Å²) in [5.74, 6) is -0.286. The number of hydrogen-bond donors (Lipinski definition) is 2. The third-order valence-electron chi connectivity index (χ3n) is 3.78. The normalized spacial score (nSPS) is 12.9. The largest absolute Gasteiger partial charge is 0.481 e. The van der Waals surface area contributed by atoms with Crippen LogP contribution in [0.25, 0.3) is 0 Å². The summed E-state index contributed by atoms with van der Waals surface area (Å²) in [6.45, 7) is 1.33. The van der Waals surface area contributed by atoms with E-state index in [1.165, 1.54) is 11.8 Å². The number of carbonyl (C=O) groups excluding carboxylic acids is 3. The van der Waals surface area contributed by atoms with Gasteiger partial charge in [0.25, 0.3) is 11.8 Å². The second-order valence-corrected chi connectivity index (χ2v) is 5.61. The number of rotatable bonds is 3. The summed E-state index contributed by atoms with van der Waals surface area (Å²) in [6, 6.07) is 11.8. The second-order valence-electron chi connectivity index (χ2n) is 5.61. The highest BCUT2D eigenvalue weighted by Crippen LogP contribution is 2.34. The van der Waals surface area contributed by atoms with Crippen LogP contribution in [0.15, 0.2) is 42.5 Å². The maximum Gasteiger partial charge on any atom is 0.264 e.